The van der Waals surface area contributed by atoms with Crippen molar-refractivity contribution >= 4 is 23.6 Å². The first-order valence-corrected chi connectivity index (χ1v) is 9.85. The van der Waals surface area contributed by atoms with Gasteiger partial charge in [0, 0.05) is 34.7 Å². The van der Waals surface area contributed by atoms with Crippen molar-refractivity contribution in [1.29, 1.82) is 5.26 Å². The quantitative estimate of drug-likeness (QED) is 0.599. The van der Waals surface area contributed by atoms with Crippen molar-refractivity contribution in [3.05, 3.63) is 76.7 Å². The van der Waals surface area contributed by atoms with Gasteiger partial charge >= 0.3 is 6.09 Å². The number of methoxy groups -OCH3 is 1. The molecule has 32 heavy (non-hydrogen) atoms. The van der Waals surface area contributed by atoms with Gasteiger partial charge in [-0.15, -0.1) is 13.2 Å². The van der Waals surface area contributed by atoms with Gasteiger partial charge in [0.05, 0.1) is 24.9 Å². The van der Waals surface area contributed by atoms with Crippen molar-refractivity contribution in [2.75, 3.05) is 13.7 Å². The molecule has 0 fully saturated rings. The van der Waals surface area contributed by atoms with E-state index >= 15 is 0 Å². The average Bonchev–Trinajstić information content (AvgIpc) is 2.77. The van der Waals surface area contributed by atoms with Crippen LogP contribution in [-0.4, -0.2) is 40.2 Å². The van der Waals surface area contributed by atoms with E-state index in [9.17, 15) is 24.8 Å². The van der Waals surface area contributed by atoms with E-state index < -0.39 is 29.5 Å². The Balaban J connectivity index is 2.75. The van der Waals surface area contributed by atoms with Gasteiger partial charge in [-0.05, 0) is 18.2 Å². The lowest BCUT2D eigenvalue weighted by molar-refractivity contribution is -0.133. The number of nitriles is 1. The predicted molar refractivity (Wildman–Crippen MR) is 121 cm³/mol. The van der Waals surface area contributed by atoms with Crippen LogP contribution in [0.4, 0.5) is 4.79 Å². The normalized spacial score (nSPS) is 12.2. The standard InChI is InChI=1S/C23H22ClN3O5/c1-5-9-26(23(30)31)22(29)21(14(3)6-2)27-13-19(32-4)18(11-20(27)28)17-10-16(24)8-7-15(17)12-25/h5-8,10-11,13-14,21H,1-2,9H2,3-4H3,(H,30,31). The number of carbonyl (C=O) groups is 2. The third-order valence-electron chi connectivity index (χ3n) is 4.89. The van der Waals surface area contributed by atoms with Crippen LogP contribution in [0.5, 0.6) is 5.75 Å². The van der Waals surface area contributed by atoms with Gasteiger partial charge in [-0.2, -0.15) is 5.26 Å². The Morgan fingerprint density at radius 2 is 2.03 bits per heavy atom. The molecule has 2 amide bonds. The van der Waals surface area contributed by atoms with Crippen LogP contribution in [0.1, 0.15) is 18.5 Å². The zero-order valence-electron chi connectivity index (χ0n) is 17.6. The summed E-state index contributed by atoms with van der Waals surface area (Å²) < 4.78 is 6.54. The summed E-state index contributed by atoms with van der Waals surface area (Å²) in [5.74, 6) is -1.21. The fourth-order valence-corrected chi connectivity index (χ4v) is 3.41. The number of pyridine rings is 1. The van der Waals surface area contributed by atoms with Crippen LogP contribution >= 0.6 is 11.6 Å². The van der Waals surface area contributed by atoms with Crippen LogP contribution in [0.2, 0.25) is 5.02 Å². The van der Waals surface area contributed by atoms with Crippen molar-refractivity contribution in [3.63, 3.8) is 0 Å². The van der Waals surface area contributed by atoms with Gasteiger partial charge in [0.25, 0.3) is 11.5 Å². The van der Waals surface area contributed by atoms with Crippen molar-refractivity contribution in [2.24, 2.45) is 5.92 Å². The summed E-state index contributed by atoms with van der Waals surface area (Å²) in [6.07, 6.45) is 2.58. The zero-order valence-corrected chi connectivity index (χ0v) is 18.4. The molecule has 2 rings (SSSR count). The molecule has 1 heterocycles. The van der Waals surface area contributed by atoms with Crippen LogP contribution < -0.4 is 10.3 Å². The minimum absolute atomic E-state index is 0.197. The van der Waals surface area contributed by atoms with Crippen LogP contribution in [0.15, 0.2) is 60.6 Å². The number of rotatable bonds is 8. The van der Waals surface area contributed by atoms with Crippen LogP contribution in [0.25, 0.3) is 11.1 Å². The number of hydrogen-bond donors (Lipinski definition) is 1. The number of amides is 2. The maximum Gasteiger partial charge on any atom is 0.414 e. The zero-order chi connectivity index (χ0) is 24.0. The Labute approximate surface area is 190 Å². The molecule has 1 N–H and O–H groups in total. The molecule has 0 aliphatic carbocycles. The lowest BCUT2D eigenvalue weighted by Gasteiger charge is -2.28. The molecule has 0 radical (unpaired) electrons. The number of benzene rings is 1. The van der Waals surface area contributed by atoms with E-state index in [-0.39, 0.29) is 17.9 Å². The summed E-state index contributed by atoms with van der Waals surface area (Å²) in [4.78, 5) is 38.4. The smallest absolute Gasteiger partial charge is 0.414 e. The molecule has 0 saturated heterocycles. The second-order valence-corrected chi connectivity index (χ2v) is 7.30. The summed E-state index contributed by atoms with van der Waals surface area (Å²) in [6.45, 7) is 8.54. The molecule has 0 aliphatic heterocycles. The van der Waals surface area contributed by atoms with E-state index in [0.717, 1.165) is 4.57 Å². The number of carboxylic acid groups (broad SMARTS) is 1. The molecule has 1 aromatic carbocycles. The maximum absolute atomic E-state index is 13.1. The summed E-state index contributed by atoms with van der Waals surface area (Å²) in [7, 11) is 1.37. The number of carbonyl (C=O) groups excluding carboxylic acids is 1. The molecule has 0 aliphatic rings. The van der Waals surface area contributed by atoms with Crippen LogP contribution in [0.3, 0.4) is 0 Å². The summed E-state index contributed by atoms with van der Waals surface area (Å²) in [5.41, 5.74) is 0.381. The lowest BCUT2D eigenvalue weighted by atomic mass is 9.98. The van der Waals surface area contributed by atoms with Crippen molar-refractivity contribution in [2.45, 2.75) is 13.0 Å². The molecule has 2 atom stereocenters. The molecule has 2 aromatic rings. The number of nitrogens with zero attached hydrogens (tertiary/aromatic N) is 3. The van der Waals surface area contributed by atoms with Crippen molar-refractivity contribution in [1.82, 2.24) is 9.47 Å². The predicted octanol–water partition coefficient (Wildman–Crippen LogP) is 4.10. The highest BCUT2D eigenvalue weighted by atomic mass is 35.5. The summed E-state index contributed by atoms with van der Waals surface area (Å²) >= 11 is 6.08. The first-order valence-electron chi connectivity index (χ1n) is 9.48. The largest absolute Gasteiger partial charge is 0.495 e. The van der Waals surface area contributed by atoms with E-state index in [2.05, 4.69) is 13.2 Å². The Hall–Kier alpha value is -3.83. The highest BCUT2D eigenvalue weighted by Crippen LogP contribution is 2.34. The van der Waals surface area contributed by atoms with Crippen molar-refractivity contribution in [3.8, 4) is 22.9 Å². The molecule has 0 spiro atoms. The van der Waals surface area contributed by atoms with Gasteiger partial charge < -0.3 is 9.84 Å². The van der Waals surface area contributed by atoms with E-state index in [0.29, 0.717) is 21.0 Å². The molecule has 166 valence electrons. The fraction of sp³-hybridized carbons (Fsp3) is 0.217. The minimum atomic E-state index is -1.47. The molecule has 0 saturated carbocycles. The second kappa shape index (κ2) is 10.5. The molecule has 2 unspecified atom stereocenters. The number of hydrogen-bond acceptors (Lipinski definition) is 5. The fourth-order valence-electron chi connectivity index (χ4n) is 3.23. The SMILES string of the molecule is C=CCN(C(=O)O)C(=O)C(C(C)C=C)n1cc(OC)c(-c2cc(Cl)ccc2C#N)cc1=O. The number of halogens is 1. The number of ether oxygens (including phenoxy) is 1. The Kier molecular flexibility index (Phi) is 7.99. The molecular weight excluding hydrogens is 434 g/mol. The number of imide groups is 1. The second-order valence-electron chi connectivity index (χ2n) is 6.86. The summed E-state index contributed by atoms with van der Waals surface area (Å²) in [6, 6.07) is 6.68. The molecule has 0 bridgehead atoms. The van der Waals surface area contributed by atoms with E-state index in [1.165, 1.54) is 43.7 Å². The highest BCUT2D eigenvalue weighted by molar-refractivity contribution is 6.31. The molecular formula is C23H22ClN3O5. The van der Waals surface area contributed by atoms with E-state index in [4.69, 9.17) is 16.3 Å². The van der Waals surface area contributed by atoms with Gasteiger partial charge in [0.1, 0.15) is 11.8 Å². The summed E-state index contributed by atoms with van der Waals surface area (Å²) in [5, 5.41) is 19.3. The minimum Gasteiger partial charge on any atom is -0.495 e. The number of allylic oxidation sites excluding steroid dienone is 1. The van der Waals surface area contributed by atoms with Gasteiger partial charge in [-0.1, -0.05) is 30.7 Å². The molecule has 8 nitrogen and oxygen atoms in total. The first kappa shape index (κ1) is 24.4. The maximum atomic E-state index is 13.1. The Morgan fingerprint density at radius 1 is 1.34 bits per heavy atom. The van der Waals surface area contributed by atoms with Crippen LogP contribution in [-0.2, 0) is 4.79 Å². The first-order chi connectivity index (χ1) is 15.2. The van der Waals surface area contributed by atoms with Gasteiger partial charge in [-0.3, -0.25) is 14.2 Å². The molecule has 1 aromatic heterocycles. The van der Waals surface area contributed by atoms with Crippen molar-refractivity contribution < 1.29 is 19.4 Å². The van der Waals surface area contributed by atoms with Gasteiger partial charge in [0.2, 0.25) is 0 Å². The third-order valence-corrected chi connectivity index (χ3v) is 5.12. The van der Waals surface area contributed by atoms with Crippen LogP contribution in [0, 0.1) is 17.2 Å². The number of aromatic nitrogens is 1. The van der Waals surface area contributed by atoms with Gasteiger partial charge in [0.15, 0.2) is 0 Å². The molecule has 9 heteroatoms. The third kappa shape index (κ3) is 4.90. The topological polar surface area (TPSA) is 113 Å². The Bertz CT molecular complexity index is 1170. The van der Waals surface area contributed by atoms with E-state index in [1.54, 1.807) is 13.0 Å². The highest BCUT2D eigenvalue weighted by Gasteiger charge is 2.33. The lowest BCUT2D eigenvalue weighted by Crippen LogP contribution is -2.45. The van der Waals surface area contributed by atoms with Gasteiger partial charge in [-0.25, -0.2) is 9.69 Å². The van der Waals surface area contributed by atoms with E-state index in [1.807, 2.05) is 6.07 Å². The average molecular weight is 456 g/mol. The Morgan fingerprint density at radius 3 is 2.56 bits per heavy atom. The monoisotopic (exact) mass is 455 g/mol.